The zero-order chi connectivity index (χ0) is 32.1. The summed E-state index contributed by atoms with van der Waals surface area (Å²) in [6.45, 7) is 5.31. The fraction of sp³-hybridized carbons (Fsp3) is 0.414. The molecule has 1 saturated heterocycles. The number of imidazole rings is 1. The van der Waals surface area contributed by atoms with Gasteiger partial charge in [-0.15, -0.1) is 18.3 Å². The zero-order valence-electron chi connectivity index (χ0n) is 26.1. The number of nitrogens with zero attached hydrogens (tertiary/aromatic N) is 9. The lowest BCUT2D eigenvalue weighted by molar-refractivity contribution is 0.496. The predicted molar refractivity (Wildman–Crippen MR) is 180 cm³/mol. The Hall–Kier alpha value is -4.94. The highest BCUT2D eigenvalue weighted by atomic mass is 35.5. The number of hydrogen-bond donors (Lipinski definition) is 4. The standard InChI is InChI=1S/C25H28N8O2.C4H11N5.ClH/c1-4-5-13-32-21-22(29-24(32)31-12-8-9-17(26)14-31)30(3)25(35)33(23(21)34)15-20-27-16(2)18-10-6-7-11-19(18)28-20;1-9(2)4(7)8-3(5)6;/h6-7,10-11,17H,8-9,12-15,26H2,1-3H3;1-2H3,(H5,5,6,7,8);1H/t17-;;/m1../s1. The molecule has 0 bridgehead atoms. The van der Waals surface area contributed by atoms with Crippen LogP contribution in [0.5, 0.6) is 0 Å². The molecular weight excluding hydrogens is 598 g/mol. The van der Waals surface area contributed by atoms with Crippen molar-refractivity contribution in [2.75, 3.05) is 32.1 Å². The number of anilines is 1. The van der Waals surface area contributed by atoms with Crippen molar-refractivity contribution in [3.8, 4) is 11.8 Å². The molecule has 7 N–H and O–H groups in total. The first-order valence-electron chi connectivity index (χ1n) is 14.1. The zero-order valence-corrected chi connectivity index (χ0v) is 26.9. The van der Waals surface area contributed by atoms with Gasteiger partial charge in [-0.3, -0.25) is 23.9 Å². The molecule has 0 unspecified atom stereocenters. The summed E-state index contributed by atoms with van der Waals surface area (Å²) in [6, 6.07) is 7.71. The number of aromatic nitrogens is 6. The second-order valence-corrected chi connectivity index (χ2v) is 10.7. The summed E-state index contributed by atoms with van der Waals surface area (Å²) in [4.78, 5) is 47.9. The van der Waals surface area contributed by atoms with Crippen molar-refractivity contribution in [3.63, 3.8) is 0 Å². The van der Waals surface area contributed by atoms with Crippen molar-refractivity contribution in [3.05, 3.63) is 56.6 Å². The second-order valence-electron chi connectivity index (χ2n) is 10.7. The highest BCUT2D eigenvalue weighted by Crippen LogP contribution is 2.23. The summed E-state index contributed by atoms with van der Waals surface area (Å²) in [5.41, 5.74) is 17.5. The Balaban J connectivity index is 0.000000484. The smallest absolute Gasteiger partial charge is 0.332 e. The Morgan fingerprint density at radius 1 is 1.16 bits per heavy atom. The predicted octanol–water partition coefficient (Wildman–Crippen LogP) is 0.325. The van der Waals surface area contributed by atoms with Gasteiger partial charge in [0.25, 0.3) is 5.56 Å². The molecule has 5 rings (SSSR count). The van der Waals surface area contributed by atoms with Crippen molar-refractivity contribution < 1.29 is 0 Å². The molecular formula is C29H40ClN13O2. The van der Waals surface area contributed by atoms with Crippen LogP contribution >= 0.6 is 12.4 Å². The molecule has 1 aromatic carbocycles. The molecule has 0 spiro atoms. The first-order valence-corrected chi connectivity index (χ1v) is 14.1. The minimum atomic E-state index is -0.468. The second kappa shape index (κ2) is 14.7. The lowest BCUT2D eigenvalue weighted by Crippen LogP contribution is -2.44. The summed E-state index contributed by atoms with van der Waals surface area (Å²) >= 11 is 0. The number of guanidine groups is 2. The van der Waals surface area contributed by atoms with Crippen LogP contribution < -0.4 is 33.3 Å². The average molecular weight is 638 g/mol. The molecule has 15 nitrogen and oxygen atoms in total. The fourth-order valence-electron chi connectivity index (χ4n) is 4.97. The topological polar surface area (TPSA) is 208 Å². The first-order chi connectivity index (χ1) is 20.9. The molecule has 16 heteroatoms. The number of nitrogens with two attached hydrogens (primary N) is 3. The minimum Gasteiger partial charge on any atom is -0.370 e. The Labute approximate surface area is 266 Å². The maximum Gasteiger partial charge on any atom is 0.332 e. The van der Waals surface area contributed by atoms with E-state index >= 15 is 0 Å². The lowest BCUT2D eigenvalue weighted by Gasteiger charge is -2.31. The Kier molecular flexibility index (Phi) is 11.3. The van der Waals surface area contributed by atoms with Crippen LogP contribution in [-0.4, -0.2) is 78.7 Å². The summed E-state index contributed by atoms with van der Waals surface area (Å²) in [5.74, 6) is 6.92. The molecule has 45 heavy (non-hydrogen) atoms. The van der Waals surface area contributed by atoms with Gasteiger partial charge >= 0.3 is 5.69 Å². The van der Waals surface area contributed by atoms with Gasteiger partial charge in [0.2, 0.25) is 11.9 Å². The molecule has 0 saturated carbocycles. The number of hydrogen-bond acceptors (Lipinski definition) is 8. The van der Waals surface area contributed by atoms with Crippen LogP contribution in [0.2, 0.25) is 0 Å². The van der Waals surface area contributed by atoms with Gasteiger partial charge in [-0.05, 0) is 32.8 Å². The van der Waals surface area contributed by atoms with Crippen LogP contribution in [0.3, 0.4) is 0 Å². The van der Waals surface area contributed by atoms with E-state index in [9.17, 15) is 9.59 Å². The number of aryl methyl sites for hydroxylation is 2. The van der Waals surface area contributed by atoms with Gasteiger partial charge in [-0.1, -0.05) is 24.1 Å². The minimum absolute atomic E-state index is 0. The highest BCUT2D eigenvalue weighted by Gasteiger charge is 2.26. The van der Waals surface area contributed by atoms with Crippen molar-refractivity contribution in [2.45, 2.75) is 45.8 Å². The Morgan fingerprint density at radius 3 is 2.49 bits per heavy atom. The average Bonchev–Trinajstić information content (AvgIpc) is 3.37. The maximum atomic E-state index is 13.7. The molecule has 4 aromatic rings. The van der Waals surface area contributed by atoms with Gasteiger partial charge in [0.15, 0.2) is 17.1 Å². The number of halogens is 1. The number of para-hydroxylation sites is 1. The fourth-order valence-corrected chi connectivity index (χ4v) is 4.97. The van der Waals surface area contributed by atoms with E-state index in [1.165, 1.54) is 14.0 Å². The van der Waals surface area contributed by atoms with E-state index in [2.05, 4.69) is 31.7 Å². The number of rotatable bonds is 4. The van der Waals surface area contributed by atoms with Crippen molar-refractivity contribution in [2.24, 2.45) is 29.2 Å². The first kappa shape index (κ1) is 34.5. The Morgan fingerprint density at radius 2 is 1.87 bits per heavy atom. The van der Waals surface area contributed by atoms with Crippen molar-refractivity contribution in [1.82, 2.24) is 33.6 Å². The van der Waals surface area contributed by atoms with E-state index in [0.717, 1.165) is 36.0 Å². The third-order valence-corrected chi connectivity index (χ3v) is 7.17. The monoisotopic (exact) mass is 637 g/mol. The molecule has 1 atom stereocenters. The number of fused-ring (bicyclic) bond motifs is 2. The molecule has 1 aliphatic heterocycles. The normalized spacial score (nSPS) is 14.1. The Bertz CT molecular complexity index is 1910. The van der Waals surface area contributed by atoms with Gasteiger partial charge in [0.1, 0.15) is 5.82 Å². The summed E-state index contributed by atoms with van der Waals surface area (Å²) in [6.07, 6.45) is 1.88. The van der Waals surface area contributed by atoms with Crippen molar-refractivity contribution >= 4 is 52.3 Å². The molecule has 1 fully saturated rings. The molecule has 1 aliphatic rings. The van der Waals surface area contributed by atoms with Crippen LogP contribution in [0.1, 0.15) is 31.3 Å². The van der Waals surface area contributed by atoms with Crippen LogP contribution in [0.25, 0.3) is 22.1 Å². The van der Waals surface area contributed by atoms with Crippen LogP contribution in [0.15, 0.2) is 38.8 Å². The van der Waals surface area contributed by atoms with Crippen LogP contribution in [0, 0.1) is 24.2 Å². The number of benzene rings is 1. The highest BCUT2D eigenvalue weighted by molar-refractivity contribution is 5.91. The maximum absolute atomic E-state index is 13.7. The third-order valence-electron chi connectivity index (χ3n) is 7.17. The lowest BCUT2D eigenvalue weighted by atomic mass is 10.1. The molecule has 240 valence electrons. The van der Waals surface area contributed by atoms with Crippen molar-refractivity contribution in [1.29, 1.82) is 5.41 Å². The third kappa shape index (κ3) is 7.59. The quantitative estimate of drug-likeness (QED) is 0.137. The summed E-state index contributed by atoms with van der Waals surface area (Å²) < 4.78 is 4.39. The van der Waals surface area contributed by atoms with Gasteiger partial charge in [0.05, 0.1) is 18.6 Å². The van der Waals surface area contributed by atoms with E-state index in [1.807, 2.05) is 31.2 Å². The molecule has 0 amide bonds. The van der Waals surface area contributed by atoms with E-state index in [1.54, 1.807) is 32.6 Å². The molecule has 0 radical (unpaired) electrons. The van der Waals surface area contributed by atoms with Gasteiger partial charge in [0, 0.05) is 51.4 Å². The number of aliphatic imine (C=N–C) groups is 1. The largest absolute Gasteiger partial charge is 0.370 e. The van der Waals surface area contributed by atoms with Gasteiger partial charge in [-0.25, -0.2) is 14.8 Å². The van der Waals surface area contributed by atoms with E-state index in [-0.39, 0.29) is 43.5 Å². The number of nitrogens with one attached hydrogen (secondary N) is 1. The molecule has 3 aromatic heterocycles. The van der Waals surface area contributed by atoms with Crippen LogP contribution in [0.4, 0.5) is 5.95 Å². The molecule has 4 heterocycles. The number of piperidine rings is 1. The molecule has 0 aliphatic carbocycles. The summed E-state index contributed by atoms with van der Waals surface area (Å²) in [5, 5.41) is 7.99. The van der Waals surface area contributed by atoms with Gasteiger partial charge in [-0.2, -0.15) is 9.98 Å². The van der Waals surface area contributed by atoms with Crippen LogP contribution in [-0.2, 0) is 20.1 Å². The SMILES string of the molecule is CC#CCn1c(N2CCC[C@@H](N)C2)nc2c1c(=O)n(Cc1nc(C)c3ccccc3n1)c(=O)n2C.CN(C)C(=N)N=C(N)N.Cl. The van der Waals surface area contributed by atoms with E-state index < -0.39 is 11.2 Å². The van der Waals surface area contributed by atoms with Gasteiger partial charge < -0.3 is 27.0 Å². The van der Waals surface area contributed by atoms with E-state index in [4.69, 9.17) is 27.6 Å². The van der Waals surface area contributed by atoms with E-state index in [0.29, 0.717) is 29.5 Å². The summed E-state index contributed by atoms with van der Waals surface area (Å²) in [7, 11) is 5.01.